The molecule has 3 nitrogen and oxygen atoms in total. The van der Waals surface area contributed by atoms with E-state index in [1.165, 1.54) is 0 Å². The summed E-state index contributed by atoms with van der Waals surface area (Å²) in [7, 11) is 0. The minimum atomic E-state index is -0.725. The highest BCUT2D eigenvalue weighted by Crippen LogP contribution is 2.34. The van der Waals surface area contributed by atoms with Crippen molar-refractivity contribution in [3.8, 4) is 0 Å². The highest BCUT2D eigenvalue weighted by molar-refractivity contribution is 6.35. The largest absolute Gasteiger partial charge is 0.481 e. The van der Waals surface area contributed by atoms with Crippen molar-refractivity contribution >= 4 is 29.2 Å². The Morgan fingerprint density at radius 2 is 2.17 bits per heavy atom. The molecule has 0 spiro atoms. The molecule has 1 aromatic carbocycles. The Morgan fingerprint density at radius 3 is 2.72 bits per heavy atom. The van der Waals surface area contributed by atoms with Gasteiger partial charge in [-0.25, -0.2) is 0 Å². The standard InChI is InChI=1S/C13H15Cl2NO2/c1-8(11-3-2-10(14)5-12(11)15)16-6-9(7-16)4-13(17)18/h2-3,5,8-9H,4,6-7H2,1H3,(H,17,18). The summed E-state index contributed by atoms with van der Waals surface area (Å²) in [5.41, 5.74) is 1.04. The van der Waals surface area contributed by atoms with Gasteiger partial charge in [-0.2, -0.15) is 0 Å². The summed E-state index contributed by atoms with van der Waals surface area (Å²) in [4.78, 5) is 12.8. The van der Waals surface area contributed by atoms with Crippen molar-refractivity contribution in [2.45, 2.75) is 19.4 Å². The number of benzene rings is 1. The molecule has 0 aliphatic carbocycles. The van der Waals surface area contributed by atoms with Crippen molar-refractivity contribution < 1.29 is 9.90 Å². The van der Waals surface area contributed by atoms with Gasteiger partial charge in [-0.1, -0.05) is 29.3 Å². The van der Waals surface area contributed by atoms with Gasteiger partial charge in [0, 0.05) is 29.2 Å². The van der Waals surface area contributed by atoms with Crippen LogP contribution in [-0.2, 0) is 4.79 Å². The first kappa shape index (κ1) is 13.7. The Balaban J connectivity index is 1.97. The van der Waals surface area contributed by atoms with Crippen molar-refractivity contribution in [1.82, 2.24) is 4.90 Å². The van der Waals surface area contributed by atoms with Crippen LogP contribution in [0.1, 0.15) is 24.9 Å². The van der Waals surface area contributed by atoms with E-state index in [1.54, 1.807) is 6.07 Å². The van der Waals surface area contributed by atoms with Gasteiger partial charge < -0.3 is 5.11 Å². The fraction of sp³-hybridized carbons (Fsp3) is 0.462. The predicted octanol–water partition coefficient (Wildman–Crippen LogP) is 3.46. The molecular weight excluding hydrogens is 273 g/mol. The highest BCUT2D eigenvalue weighted by atomic mass is 35.5. The van der Waals surface area contributed by atoms with Crippen LogP contribution in [0.3, 0.4) is 0 Å². The fourth-order valence-electron chi connectivity index (χ4n) is 2.34. The maximum absolute atomic E-state index is 10.6. The number of aliphatic carboxylic acids is 1. The first-order valence-corrected chi connectivity index (χ1v) is 6.63. The lowest BCUT2D eigenvalue weighted by Gasteiger charge is -2.43. The van der Waals surface area contributed by atoms with E-state index < -0.39 is 5.97 Å². The first-order chi connectivity index (χ1) is 8.47. The molecule has 1 fully saturated rings. The maximum atomic E-state index is 10.6. The van der Waals surface area contributed by atoms with Crippen LogP contribution in [0.2, 0.25) is 10.0 Å². The monoisotopic (exact) mass is 287 g/mol. The molecule has 0 amide bonds. The summed E-state index contributed by atoms with van der Waals surface area (Å²) in [5.74, 6) is -0.465. The number of nitrogens with zero attached hydrogens (tertiary/aromatic N) is 1. The second-order valence-electron chi connectivity index (χ2n) is 4.76. The lowest BCUT2D eigenvalue weighted by molar-refractivity contribution is -0.139. The molecule has 0 bridgehead atoms. The molecule has 18 heavy (non-hydrogen) atoms. The van der Waals surface area contributed by atoms with Crippen LogP contribution in [0.4, 0.5) is 0 Å². The number of halogens is 2. The van der Waals surface area contributed by atoms with Gasteiger partial charge >= 0.3 is 5.97 Å². The first-order valence-electron chi connectivity index (χ1n) is 5.88. The Morgan fingerprint density at radius 1 is 1.50 bits per heavy atom. The Kier molecular flexibility index (Phi) is 4.15. The molecule has 1 aliphatic rings. The zero-order valence-corrected chi connectivity index (χ0v) is 11.6. The molecule has 2 rings (SSSR count). The van der Waals surface area contributed by atoms with E-state index in [-0.39, 0.29) is 18.4 Å². The summed E-state index contributed by atoms with van der Waals surface area (Å²) >= 11 is 12.0. The van der Waals surface area contributed by atoms with Gasteiger partial charge in [0.1, 0.15) is 0 Å². The van der Waals surface area contributed by atoms with Crippen molar-refractivity contribution in [3.63, 3.8) is 0 Å². The van der Waals surface area contributed by atoms with Gasteiger partial charge in [0.15, 0.2) is 0 Å². The second kappa shape index (κ2) is 5.47. The molecular formula is C13H15Cl2NO2. The molecule has 0 radical (unpaired) electrons. The normalized spacial score (nSPS) is 18.4. The van der Waals surface area contributed by atoms with Gasteiger partial charge in [0.2, 0.25) is 0 Å². The van der Waals surface area contributed by atoms with Gasteiger partial charge in [0.25, 0.3) is 0 Å². The number of carbonyl (C=O) groups is 1. The Labute approximate surface area is 116 Å². The van der Waals surface area contributed by atoms with Crippen molar-refractivity contribution in [2.24, 2.45) is 5.92 Å². The summed E-state index contributed by atoms with van der Waals surface area (Å²) in [6.45, 7) is 3.70. The van der Waals surface area contributed by atoms with E-state index in [2.05, 4.69) is 11.8 Å². The number of carboxylic acids is 1. The average molecular weight is 288 g/mol. The number of hydrogen-bond donors (Lipinski definition) is 1. The third-order valence-corrected chi connectivity index (χ3v) is 3.97. The Bertz CT molecular complexity index is 458. The van der Waals surface area contributed by atoms with E-state index in [0.29, 0.717) is 10.0 Å². The molecule has 1 aliphatic heterocycles. The van der Waals surface area contributed by atoms with Crippen LogP contribution < -0.4 is 0 Å². The van der Waals surface area contributed by atoms with Crippen LogP contribution in [0.15, 0.2) is 18.2 Å². The van der Waals surface area contributed by atoms with Gasteiger partial charge in [-0.15, -0.1) is 0 Å². The summed E-state index contributed by atoms with van der Waals surface area (Å²) in [5, 5.41) is 10.0. The molecule has 1 unspecified atom stereocenters. The number of carboxylic acid groups (broad SMARTS) is 1. The lowest BCUT2D eigenvalue weighted by atomic mass is 9.92. The van der Waals surface area contributed by atoms with E-state index in [1.807, 2.05) is 12.1 Å². The van der Waals surface area contributed by atoms with Gasteiger partial charge in [0.05, 0.1) is 6.42 Å². The summed E-state index contributed by atoms with van der Waals surface area (Å²) in [6.07, 6.45) is 0.248. The third-order valence-electron chi connectivity index (χ3n) is 3.41. The summed E-state index contributed by atoms with van der Waals surface area (Å²) < 4.78 is 0. The molecule has 1 N–H and O–H groups in total. The van der Waals surface area contributed by atoms with E-state index in [0.717, 1.165) is 18.7 Å². The fourth-order valence-corrected chi connectivity index (χ4v) is 2.91. The third kappa shape index (κ3) is 2.97. The molecule has 1 atom stereocenters. The smallest absolute Gasteiger partial charge is 0.303 e. The van der Waals surface area contributed by atoms with E-state index in [9.17, 15) is 4.79 Å². The minimum Gasteiger partial charge on any atom is -0.481 e. The molecule has 0 aromatic heterocycles. The zero-order chi connectivity index (χ0) is 13.3. The second-order valence-corrected chi connectivity index (χ2v) is 5.60. The maximum Gasteiger partial charge on any atom is 0.303 e. The molecule has 98 valence electrons. The van der Waals surface area contributed by atoms with Gasteiger partial charge in [-0.3, -0.25) is 9.69 Å². The topological polar surface area (TPSA) is 40.5 Å². The minimum absolute atomic E-state index is 0.194. The van der Waals surface area contributed by atoms with Crippen LogP contribution >= 0.6 is 23.2 Å². The predicted molar refractivity (Wildman–Crippen MR) is 72.2 cm³/mol. The highest BCUT2D eigenvalue weighted by Gasteiger charge is 2.32. The van der Waals surface area contributed by atoms with Crippen molar-refractivity contribution in [1.29, 1.82) is 0 Å². The van der Waals surface area contributed by atoms with Crippen LogP contribution in [0, 0.1) is 5.92 Å². The lowest BCUT2D eigenvalue weighted by Crippen LogP contribution is -2.48. The zero-order valence-electron chi connectivity index (χ0n) is 10.1. The molecule has 1 saturated heterocycles. The number of likely N-dealkylation sites (tertiary alicyclic amines) is 1. The number of hydrogen-bond acceptors (Lipinski definition) is 2. The van der Waals surface area contributed by atoms with Crippen LogP contribution in [-0.4, -0.2) is 29.1 Å². The van der Waals surface area contributed by atoms with Gasteiger partial charge in [-0.05, 0) is 30.5 Å². The Hall–Kier alpha value is -0.770. The molecule has 0 saturated carbocycles. The van der Waals surface area contributed by atoms with Crippen LogP contribution in [0.5, 0.6) is 0 Å². The van der Waals surface area contributed by atoms with E-state index in [4.69, 9.17) is 28.3 Å². The average Bonchev–Trinajstić information content (AvgIpc) is 2.21. The molecule has 1 aromatic rings. The molecule has 5 heteroatoms. The van der Waals surface area contributed by atoms with Crippen molar-refractivity contribution in [2.75, 3.05) is 13.1 Å². The van der Waals surface area contributed by atoms with E-state index >= 15 is 0 Å². The SMILES string of the molecule is CC(c1ccc(Cl)cc1Cl)N1CC(CC(=O)O)C1. The number of rotatable bonds is 4. The van der Waals surface area contributed by atoms with Crippen LogP contribution in [0.25, 0.3) is 0 Å². The van der Waals surface area contributed by atoms with Crippen molar-refractivity contribution in [3.05, 3.63) is 33.8 Å². The quantitative estimate of drug-likeness (QED) is 0.922. The summed E-state index contributed by atoms with van der Waals surface area (Å²) in [6, 6.07) is 5.69. The molecule has 1 heterocycles.